The Kier molecular flexibility index (Phi) is 6.09. The van der Waals surface area contributed by atoms with Crippen LogP contribution < -0.4 is 9.80 Å². The van der Waals surface area contributed by atoms with Crippen molar-refractivity contribution in [3.05, 3.63) is 46.5 Å². The molecule has 2 N–H and O–H groups in total. The molecule has 0 radical (unpaired) electrons. The lowest BCUT2D eigenvalue weighted by atomic mass is 10.2. The third-order valence-electron chi connectivity index (χ3n) is 5.72. The molecule has 150 valence electrons. The van der Waals surface area contributed by atoms with Crippen molar-refractivity contribution in [2.75, 3.05) is 58.9 Å². The second-order valence-corrected chi connectivity index (χ2v) is 8.62. The lowest BCUT2D eigenvalue weighted by Crippen LogP contribution is -3.16. The van der Waals surface area contributed by atoms with Crippen molar-refractivity contribution in [2.45, 2.75) is 6.54 Å². The van der Waals surface area contributed by atoms with E-state index in [-0.39, 0.29) is 11.8 Å². The SMILES string of the molecule is O=C(C[NH+]1CCN(C(=O)c2ccco2)CC1)N1CC[NH+](Cc2cccs2)CC1. The van der Waals surface area contributed by atoms with Gasteiger partial charge < -0.3 is 24.0 Å². The first kappa shape index (κ1) is 19.2. The Morgan fingerprint density at radius 1 is 0.964 bits per heavy atom. The van der Waals surface area contributed by atoms with Crippen LogP contribution in [0.15, 0.2) is 40.3 Å². The van der Waals surface area contributed by atoms with Crippen LogP contribution in [0, 0.1) is 0 Å². The first-order valence-corrected chi connectivity index (χ1v) is 10.9. The smallest absolute Gasteiger partial charge is 0.289 e. The van der Waals surface area contributed by atoms with Crippen molar-refractivity contribution >= 4 is 23.2 Å². The maximum absolute atomic E-state index is 12.7. The number of thiophene rings is 1. The van der Waals surface area contributed by atoms with Gasteiger partial charge in [-0.15, -0.1) is 11.3 Å². The predicted molar refractivity (Wildman–Crippen MR) is 105 cm³/mol. The van der Waals surface area contributed by atoms with Crippen LogP contribution in [0.2, 0.25) is 0 Å². The lowest BCUT2D eigenvalue weighted by Gasteiger charge is -2.35. The maximum Gasteiger partial charge on any atom is 0.289 e. The van der Waals surface area contributed by atoms with Crippen LogP contribution in [0.4, 0.5) is 0 Å². The number of hydrogen-bond donors (Lipinski definition) is 2. The number of nitrogens with one attached hydrogen (secondary N) is 2. The van der Waals surface area contributed by atoms with Gasteiger partial charge in [-0.25, -0.2) is 0 Å². The van der Waals surface area contributed by atoms with Crippen LogP contribution >= 0.6 is 11.3 Å². The Labute approximate surface area is 169 Å². The van der Waals surface area contributed by atoms with E-state index in [4.69, 9.17) is 4.42 Å². The third kappa shape index (κ3) is 4.63. The number of rotatable bonds is 5. The van der Waals surface area contributed by atoms with E-state index in [0.717, 1.165) is 45.8 Å². The second kappa shape index (κ2) is 8.89. The van der Waals surface area contributed by atoms with Crippen molar-refractivity contribution in [1.82, 2.24) is 9.80 Å². The molecule has 2 saturated heterocycles. The van der Waals surface area contributed by atoms with Crippen molar-refractivity contribution in [2.24, 2.45) is 0 Å². The van der Waals surface area contributed by atoms with Gasteiger partial charge in [-0.1, -0.05) is 6.07 Å². The molecule has 2 aromatic heterocycles. The highest BCUT2D eigenvalue weighted by Crippen LogP contribution is 2.07. The highest BCUT2D eigenvalue weighted by molar-refractivity contribution is 7.09. The molecular formula is C20H28N4O3S+2. The van der Waals surface area contributed by atoms with E-state index in [1.54, 1.807) is 17.0 Å². The molecule has 28 heavy (non-hydrogen) atoms. The number of piperazine rings is 2. The quantitative estimate of drug-likeness (QED) is 0.645. The number of amides is 2. The maximum atomic E-state index is 12.7. The lowest BCUT2D eigenvalue weighted by molar-refractivity contribution is -0.917. The van der Waals surface area contributed by atoms with Gasteiger partial charge in [-0.2, -0.15) is 0 Å². The number of nitrogens with zero attached hydrogens (tertiary/aromatic N) is 2. The molecule has 2 aliphatic rings. The molecule has 2 aromatic rings. The summed E-state index contributed by atoms with van der Waals surface area (Å²) in [6.45, 7) is 8.27. The molecule has 0 aliphatic carbocycles. The molecule has 2 amide bonds. The fourth-order valence-corrected chi connectivity index (χ4v) is 4.77. The minimum absolute atomic E-state index is 0.0554. The molecule has 4 rings (SSSR count). The topological polar surface area (TPSA) is 62.6 Å². The van der Waals surface area contributed by atoms with Crippen LogP contribution in [0.25, 0.3) is 0 Å². The molecule has 2 aliphatic heterocycles. The van der Waals surface area contributed by atoms with Gasteiger partial charge >= 0.3 is 0 Å². The van der Waals surface area contributed by atoms with Gasteiger partial charge in [0.2, 0.25) is 0 Å². The largest absolute Gasteiger partial charge is 0.459 e. The molecule has 0 atom stereocenters. The van der Waals surface area contributed by atoms with E-state index < -0.39 is 0 Å². The molecular weight excluding hydrogens is 376 g/mol. The van der Waals surface area contributed by atoms with Crippen LogP contribution in [0.1, 0.15) is 15.4 Å². The number of quaternary nitrogens is 2. The minimum Gasteiger partial charge on any atom is -0.459 e. The zero-order chi connectivity index (χ0) is 19.3. The summed E-state index contributed by atoms with van der Waals surface area (Å²) in [7, 11) is 0. The summed E-state index contributed by atoms with van der Waals surface area (Å²) in [5, 5.41) is 2.12. The molecule has 2 fully saturated rings. The summed E-state index contributed by atoms with van der Waals surface area (Å²) >= 11 is 1.81. The Balaban J connectivity index is 1.18. The third-order valence-corrected chi connectivity index (χ3v) is 6.59. The number of hydrogen-bond acceptors (Lipinski definition) is 4. The van der Waals surface area contributed by atoms with Crippen LogP contribution in [-0.4, -0.2) is 80.5 Å². The van der Waals surface area contributed by atoms with E-state index in [1.165, 1.54) is 16.0 Å². The van der Waals surface area contributed by atoms with Gasteiger partial charge in [0, 0.05) is 0 Å². The van der Waals surface area contributed by atoms with E-state index in [0.29, 0.717) is 25.4 Å². The predicted octanol–water partition coefficient (Wildman–Crippen LogP) is -1.39. The number of furan rings is 1. The fraction of sp³-hybridized carbons (Fsp3) is 0.500. The molecule has 4 heterocycles. The van der Waals surface area contributed by atoms with Gasteiger partial charge in [0.1, 0.15) is 6.54 Å². The second-order valence-electron chi connectivity index (χ2n) is 7.58. The van der Waals surface area contributed by atoms with Crippen molar-refractivity contribution in [3.63, 3.8) is 0 Å². The van der Waals surface area contributed by atoms with Gasteiger partial charge in [0.25, 0.3) is 11.8 Å². The molecule has 0 aromatic carbocycles. The number of carbonyl (C=O) groups excluding carboxylic acids is 2. The Morgan fingerprint density at radius 3 is 2.32 bits per heavy atom. The van der Waals surface area contributed by atoms with Crippen molar-refractivity contribution in [1.29, 1.82) is 0 Å². The fourth-order valence-electron chi connectivity index (χ4n) is 3.99. The van der Waals surface area contributed by atoms with E-state index >= 15 is 0 Å². The monoisotopic (exact) mass is 404 g/mol. The highest BCUT2D eigenvalue weighted by atomic mass is 32.1. The van der Waals surface area contributed by atoms with Crippen LogP contribution in [0.3, 0.4) is 0 Å². The summed E-state index contributed by atoms with van der Waals surface area (Å²) < 4.78 is 5.20. The summed E-state index contributed by atoms with van der Waals surface area (Å²) in [4.78, 5) is 33.1. The Morgan fingerprint density at radius 2 is 1.68 bits per heavy atom. The van der Waals surface area contributed by atoms with Crippen molar-refractivity contribution < 1.29 is 23.8 Å². The van der Waals surface area contributed by atoms with Crippen LogP contribution in [-0.2, 0) is 11.3 Å². The van der Waals surface area contributed by atoms with Gasteiger partial charge in [-0.3, -0.25) is 9.59 Å². The first-order chi connectivity index (χ1) is 13.7. The average molecular weight is 405 g/mol. The number of carbonyl (C=O) groups is 2. The van der Waals surface area contributed by atoms with Gasteiger partial charge in [0.05, 0.1) is 63.5 Å². The Hall–Kier alpha value is -2.16. The van der Waals surface area contributed by atoms with Gasteiger partial charge in [0.15, 0.2) is 12.3 Å². The zero-order valence-electron chi connectivity index (χ0n) is 16.1. The highest BCUT2D eigenvalue weighted by Gasteiger charge is 2.30. The van der Waals surface area contributed by atoms with E-state index in [9.17, 15) is 9.59 Å². The average Bonchev–Trinajstić information content (AvgIpc) is 3.43. The minimum atomic E-state index is -0.0554. The zero-order valence-corrected chi connectivity index (χ0v) is 16.9. The van der Waals surface area contributed by atoms with E-state index in [2.05, 4.69) is 17.5 Å². The molecule has 7 nitrogen and oxygen atoms in total. The first-order valence-electron chi connectivity index (χ1n) is 9.99. The Bertz CT molecular complexity index is 761. The summed E-state index contributed by atoms with van der Waals surface area (Å²) in [6.07, 6.45) is 1.52. The molecule has 8 heteroatoms. The standard InChI is InChI=1S/C20H26N4O3S/c25-19(23-9-5-21(6-10-23)15-17-3-2-14-28-17)16-22-7-11-24(12-8-22)20(26)18-4-1-13-27-18/h1-4,13-14H,5-12,15-16H2/p+2. The van der Waals surface area contributed by atoms with Gasteiger partial charge in [-0.05, 0) is 23.6 Å². The molecule has 0 unspecified atom stereocenters. The van der Waals surface area contributed by atoms with Crippen molar-refractivity contribution in [3.8, 4) is 0 Å². The summed E-state index contributed by atoms with van der Waals surface area (Å²) in [6, 6.07) is 7.72. The summed E-state index contributed by atoms with van der Waals surface area (Å²) in [5.74, 6) is 0.582. The molecule has 0 saturated carbocycles. The van der Waals surface area contributed by atoms with E-state index in [1.807, 2.05) is 21.1 Å². The normalized spacial score (nSPS) is 19.1. The molecule has 0 spiro atoms. The van der Waals surface area contributed by atoms with Crippen LogP contribution in [0.5, 0.6) is 0 Å². The molecule has 0 bridgehead atoms. The summed E-state index contributed by atoms with van der Waals surface area (Å²) in [5.41, 5.74) is 0.